The number of rotatable bonds is 7. The van der Waals surface area contributed by atoms with E-state index in [1.54, 1.807) is 24.3 Å². The van der Waals surface area contributed by atoms with Crippen LogP contribution in [0.25, 0.3) is 0 Å². The predicted octanol–water partition coefficient (Wildman–Crippen LogP) is 0.864. The van der Waals surface area contributed by atoms with Crippen molar-refractivity contribution in [2.24, 2.45) is 5.84 Å². The van der Waals surface area contributed by atoms with Crippen molar-refractivity contribution in [1.82, 2.24) is 5.43 Å². The first-order valence-electron chi connectivity index (χ1n) is 6.73. The molecular formula is C14H20N2O4. The first-order chi connectivity index (χ1) is 9.79. The molecule has 1 amide bonds. The molecule has 0 bridgehead atoms. The zero-order valence-corrected chi connectivity index (χ0v) is 11.3. The van der Waals surface area contributed by atoms with E-state index in [1.165, 1.54) is 0 Å². The number of carbonyl (C=O) groups excluding carboxylic acids is 1. The molecule has 6 nitrogen and oxygen atoms in total. The topological polar surface area (TPSA) is 82.8 Å². The van der Waals surface area contributed by atoms with Crippen LogP contribution in [-0.4, -0.2) is 38.4 Å². The lowest BCUT2D eigenvalue weighted by Gasteiger charge is -2.11. The summed E-state index contributed by atoms with van der Waals surface area (Å²) in [5, 5.41) is 0. The Kier molecular flexibility index (Phi) is 5.79. The lowest BCUT2D eigenvalue weighted by molar-refractivity contribution is 0.00852. The maximum absolute atomic E-state index is 11.4. The molecule has 1 saturated heterocycles. The second kappa shape index (κ2) is 7.84. The molecule has 0 aromatic heterocycles. The summed E-state index contributed by atoms with van der Waals surface area (Å²) in [6, 6.07) is 6.84. The van der Waals surface area contributed by atoms with Gasteiger partial charge in [0.25, 0.3) is 5.91 Å². The summed E-state index contributed by atoms with van der Waals surface area (Å²) >= 11 is 0. The van der Waals surface area contributed by atoms with E-state index in [0.717, 1.165) is 19.4 Å². The van der Waals surface area contributed by atoms with Gasteiger partial charge in [0.2, 0.25) is 0 Å². The number of carbonyl (C=O) groups is 1. The summed E-state index contributed by atoms with van der Waals surface area (Å²) in [4.78, 5) is 11.4. The molecule has 0 aliphatic carbocycles. The smallest absolute Gasteiger partial charge is 0.265 e. The van der Waals surface area contributed by atoms with Crippen LogP contribution in [0.1, 0.15) is 23.2 Å². The van der Waals surface area contributed by atoms with Crippen LogP contribution in [-0.2, 0) is 9.47 Å². The lowest BCUT2D eigenvalue weighted by Crippen LogP contribution is -2.29. The predicted molar refractivity (Wildman–Crippen MR) is 73.4 cm³/mol. The van der Waals surface area contributed by atoms with Gasteiger partial charge in [-0.1, -0.05) is 6.07 Å². The number of nitrogen functional groups attached to an aromatic ring is 1. The summed E-state index contributed by atoms with van der Waals surface area (Å²) in [5.41, 5.74) is 2.55. The quantitative estimate of drug-likeness (QED) is 0.335. The molecular weight excluding hydrogens is 260 g/mol. The second-order valence-corrected chi connectivity index (χ2v) is 4.56. The third kappa shape index (κ3) is 4.48. The zero-order valence-electron chi connectivity index (χ0n) is 11.3. The molecule has 1 unspecified atom stereocenters. The van der Waals surface area contributed by atoms with Crippen LogP contribution in [0.2, 0.25) is 0 Å². The number of hydrazine groups is 1. The van der Waals surface area contributed by atoms with Crippen molar-refractivity contribution >= 4 is 5.91 Å². The van der Waals surface area contributed by atoms with E-state index in [1.807, 2.05) is 0 Å². The van der Waals surface area contributed by atoms with Gasteiger partial charge in [0.05, 0.1) is 19.3 Å². The second-order valence-electron chi connectivity index (χ2n) is 4.56. The largest absolute Gasteiger partial charge is 0.491 e. The molecule has 0 spiro atoms. The first kappa shape index (κ1) is 14.8. The fourth-order valence-corrected chi connectivity index (χ4v) is 2.02. The van der Waals surface area contributed by atoms with Gasteiger partial charge in [0.15, 0.2) is 0 Å². The van der Waals surface area contributed by atoms with Crippen LogP contribution in [0.4, 0.5) is 0 Å². The molecule has 0 radical (unpaired) electrons. The molecule has 1 fully saturated rings. The number of hydrogen-bond donors (Lipinski definition) is 2. The molecule has 1 aliphatic heterocycles. The van der Waals surface area contributed by atoms with E-state index in [0.29, 0.717) is 31.1 Å². The van der Waals surface area contributed by atoms with Crippen molar-refractivity contribution in [3.05, 3.63) is 29.8 Å². The number of nitrogens with two attached hydrogens (primary N) is 1. The van der Waals surface area contributed by atoms with E-state index in [2.05, 4.69) is 5.43 Å². The Balaban J connectivity index is 1.67. The Morgan fingerprint density at radius 3 is 3.10 bits per heavy atom. The van der Waals surface area contributed by atoms with Crippen LogP contribution < -0.4 is 16.0 Å². The van der Waals surface area contributed by atoms with Crippen molar-refractivity contribution in [3.63, 3.8) is 0 Å². The molecule has 1 aliphatic rings. The Labute approximate surface area is 118 Å². The Morgan fingerprint density at radius 2 is 2.35 bits per heavy atom. The summed E-state index contributed by atoms with van der Waals surface area (Å²) in [7, 11) is 0. The van der Waals surface area contributed by atoms with Gasteiger partial charge in [-0.3, -0.25) is 10.2 Å². The third-order valence-electron chi connectivity index (χ3n) is 3.05. The van der Waals surface area contributed by atoms with Crippen molar-refractivity contribution in [2.75, 3.05) is 26.4 Å². The van der Waals surface area contributed by atoms with Crippen molar-refractivity contribution < 1.29 is 19.0 Å². The van der Waals surface area contributed by atoms with Crippen LogP contribution in [0.3, 0.4) is 0 Å². The van der Waals surface area contributed by atoms with Crippen molar-refractivity contribution in [3.8, 4) is 5.75 Å². The molecule has 3 N–H and O–H groups in total. The van der Waals surface area contributed by atoms with E-state index < -0.39 is 0 Å². The molecule has 110 valence electrons. The summed E-state index contributed by atoms with van der Waals surface area (Å²) in [6.45, 7) is 2.37. The normalized spacial score (nSPS) is 17.9. The molecule has 1 aromatic carbocycles. The van der Waals surface area contributed by atoms with E-state index in [-0.39, 0.29) is 12.0 Å². The number of ether oxygens (including phenoxy) is 3. The maximum atomic E-state index is 11.4. The number of amides is 1. The highest BCUT2D eigenvalue weighted by Crippen LogP contribution is 2.14. The third-order valence-corrected chi connectivity index (χ3v) is 3.05. The van der Waals surface area contributed by atoms with Crippen LogP contribution in [0.15, 0.2) is 24.3 Å². The Bertz CT molecular complexity index is 433. The van der Waals surface area contributed by atoms with Gasteiger partial charge in [0.1, 0.15) is 12.4 Å². The minimum Gasteiger partial charge on any atom is -0.491 e. The molecule has 6 heteroatoms. The Morgan fingerprint density at radius 1 is 1.45 bits per heavy atom. The number of hydrogen-bond acceptors (Lipinski definition) is 5. The summed E-state index contributed by atoms with van der Waals surface area (Å²) in [6.07, 6.45) is 2.41. The number of nitrogens with one attached hydrogen (secondary N) is 1. The molecule has 2 rings (SSSR count). The molecule has 1 aromatic rings. The average Bonchev–Trinajstić information content (AvgIpc) is 2.99. The standard InChI is InChI=1S/C14H20N2O4/c15-16-14(17)11-3-1-4-12(9-11)20-8-7-18-10-13-5-2-6-19-13/h1,3-4,9,13H,2,5-8,10,15H2,(H,16,17). The minimum atomic E-state index is -0.343. The van der Waals surface area contributed by atoms with Gasteiger partial charge >= 0.3 is 0 Å². The van der Waals surface area contributed by atoms with E-state index in [4.69, 9.17) is 20.1 Å². The van der Waals surface area contributed by atoms with E-state index in [9.17, 15) is 4.79 Å². The van der Waals surface area contributed by atoms with Gasteiger partial charge in [-0.05, 0) is 31.0 Å². The van der Waals surface area contributed by atoms with Gasteiger partial charge < -0.3 is 14.2 Å². The SMILES string of the molecule is NNC(=O)c1cccc(OCCOCC2CCCO2)c1. The first-order valence-corrected chi connectivity index (χ1v) is 6.73. The highest BCUT2D eigenvalue weighted by Gasteiger charge is 2.15. The molecule has 1 heterocycles. The minimum absolute atomic E-state index is 0.228. The van der Waals surface area contributed by atoms with Crippen LogP contribution >= 0.6 is 0 Å². The van der Waals surface area contributed by atoms with Crippen LogP contribution in [0, 0.1) is 0 Å². The highest BCUT2D eigenvalue weighted by molar-refractivity contribution is 5.94. The van der Waals surface area contributed by atoms with Crippen molar-refractivity contribution in [1.29, 1.82) is 0 Å². The summed E-state index contributed by atoms with van der Waals surface area (Å²) < 4.78 is 16.5. The van der Waals surface area contributed by atoms with Gasteiger partial charge in [-0.15, -0.1) is 0 Å². The molecule has 20 heavy (non-hydrogen) atoms. The fraction of sp³-hybridized carbons (Fsp3) is 0.500. The van der Waals surface area contributed by atoms with Crippen LogP contribution in [0.5, 0.6) is 5.75 Å². The molecule has 0 saturated carbocycles. The molecule has 1 atom stereocenters. The van der Waals surface area contributed by atoms with Gasteiger partial charge in [0, 0.05) is 12.2 Å². The van der Waals surface area contributed by atoms with E-state index >= 15 is 0 Å². The highest BCUT2D eigenvalue weighted by atomic mass is 16.5. The zero-order chi connectivity index (χ0) is 14.2. The fourth-order valence-electron chi connectivity index (χ4n) is 2.02. The van der Waals surface area contributed by atoms with Gasteiger partial charge in [-0.2, -0.15) is 0 Å². The monoisotopic (exact) mass is 280 g/mol. The average molecular weight is 280 g/mol. The summed E-state index contributed by atoms with van der Waals surface area (Å²) in [5.74, 6) is 5.36. The van der Waals surface area contributed by atoms with Gasteiger partial charge in [-0.25, -0.2) is 5.84 Å². The van der Waals surface area contributed by atoms with Crippen molar-refractivity contribution in [2.45, 2.75) is 18.9 Å². The number of benzene rings is 1. The maximum Gasteiger partial charge on any atom is 0.265 e. The Hall–Kier alpha value is -1.63. The lowest BCUT2D eigenvalue weighted by atomic mass is 10.2.